The largest absolute Gasteiger partial charge is 0.481 e. The number of aliphatic carboxylic acids is 1. The van der Waals surface area contributed by atoms with Gasteiger partial charge in [-0.2, -0.15) is 0 Å². The topological polar surface area (TPSA) is 66.4 Å². The van der Waals surface area contributed by atoms with Crippen molar-refractivity contribution in [2.75, 3.05) is 23.8 Å². The van der Waals surface area contributed by atoms with Gasteiger partial charge in [-0.15, -0.1) is 23.5 Å². The Kier molecular flexibility index (Phi) is 7.87. The maximum Gasteiger partial charge on any atom is 0.313 e. The molecule has 0 heterocycles. The minimum absolute atomic E-state index is 0.0494. The van der Waals surface area contributed by atoms with Gasteiger partial charge in [-0.1, -0.05) is 18.5 Å². The summed E-state index contributed by atoms with van der Waals surface area (Å²) in [6, 6.07) is 5.18. The molecule has 2 N–H and O–H groups in total. The highest BCUT2D eigenvalue weighted by atomic mass is 35.5. The summed E-state index contributed by atoms with van der Waals surface area (Å²) in [5, 5.41) is 11.9. The first-order valence-corrected chi connectivity index (χ1v) is 8.56. The molecule has 0 spiro atoms. The van der Waals surface area contributed by atoms with Crippen LogP contribution in [-0.2, 0) is 4.79 Å². The Labute approximate surface area is 131 Å². The molecule has 0 radical (unpaired) electrons. The Morgan fingerprint density at radius 1 is 1.40 bits per heavy atom. The molecule has 0 aliphatic rings. The van der Waals surface area contributed by atoms with E-state index < -0.39 is 5.97 Å². The number of benzene rings is 1. The zero-order chi connectivity index (χ0) is 15.0. The molecule has 0 saturated heterocycles. The molecule has 7 heteroatoms. The van der Waals surface area contributed by atoms with Gasteiger partial charge in [0.15, 0.2) is 0 Å². The van der Waals surface area contributed by atoms with Crippen molar-refractivity contribution in [3.05, 3.63) is 28.8 Å². The van der Waals surface area contributed by atoms with E-state index in [2.05, 4.69) is 5.32 Å². The Morgan fingerprint density at radius 2 is 2.15 bits per heavy atom. The van der Waals surface area contributed by atoms with Crippen molar-refractivity contribution in [3.8, 4) is 0 Å². The molecule has 0 saturated carbocycles. The van der Waals surface area contributed by atoms with Crippen LogP contribution in [0.25, 0.3) is 0 Å². The summed E-state index contributed by atoms with van der Waals surface area (Å²) < 4.78 is 0. The number of thioether (sulfide) groups is 2. The van der Waals surface area contributed by atoms with Crippen LogP contribution in [0.3, 0.4) is 0 Å². The number of carbonyl (C=O) groups excluding carboxylic acids is 1. The second-order valence-corrected chi connectivity index (χ2v) is 6.62. The van der Waals surface area contributed by atoms with E-state index in [1.165, 1.54) is 11.8 Å². The van der Waals surface area contributed by atoms with Crippen molar-refractivity contribution in [2.45, 2.75) is 11.8 Å². The van der Waals surface area contributed by atoms with E-state index in [0.717, 1.165) is 10.6 Å². The second-order valence-electron chi connectivity index (χ2n) is 3.78. The lowest BCUT2D eigenvalue weighted by Gasteiger charge is -2.09. The quantitative estimate of drug-likeness (QED) is 0.565. The maximum absolute atomic E-state index is 12.1. The summed E-state index contributed by atoms with van der Waals surface area (Å²) >= 11 is 8.77. The van der Waals surface area contributed by atoms with E-state index in [0.29, 0.717) is 22.9 Å². The van der Waals surface area contributed by atoms with E-state index in [4.69, 9.17) is 16.7 Å². The lowest BCUT2D eigenvalue weighted by Crippen LogP contribution is -2.26. The molecule has 0 aliphatic heterocycles. The Morgan fingerprint density at radius 3 is 2.80 bits per heavy atom. The first-order chi connectivity index (χ1) is 9.54. The number of carboxylic acid groups (broad SMARTS) is 1. The number of hydrogen-bond donors (Lipinski definition) is 2. The standard InChI is InChI=1S/C13H16ClNO3S2/c1-2-20-11-7-9(14)3-4-10(11)13(18)15-5-6-19-8-12(16)17/h3-4,7H,2,5-6,8H2,1H3,(H,15,18)(H,16,17). The molecule has 110 valence electrons. The van der Waals surface area contributed by atoms with Crippen LogP contribution in [-0.4, -0.2) is 40.8 Å². The first-order valence-electron chi connectivity index (χ1n) is 6.04. The van der Waals surface area contributed by atoms with Gasteiger partial charge in [0.2, 0.25) is 0 Å². The van der Waals surface area contributed by atoms with Crippen LogP contribution in [0.2, 0.25) is 5.02 Å². The van der Waals surface area contributed by atoms with Gasteiger partial charge in [-0.25, -0.2) is 0 Å². The highest BCUT2D eigenvalue weighted by Gasteiger charge is 2.11. The third kappa shape index (κ3) is 6.07. The van der Waals surface area contributed by atoms with Gasteiger partial charge >= 0.3 is 5.97 Å². The number of hydrogen-bond acceptors (Lipinski definition) is 4. The Bertz CT molecular complexity index is 483. The summed E-state index contributed by atoms with van der Waals surface area (Å²) in [4.78, 5) is 23.3. The monoisotopic (exact) mass is 333 g/mol. The minimum atomic E-state index is -0.847. The van der Waals surface area contributed by atoms with Crippen molar-refractivity contribution < 1.29 is 14.7 Å². The van der Waals surface area contributed by atoms with Gasteiger partial charge in [0.1, 0.15) is 0 Å². The fourth-order valence-corrected chi connectivity index (χ4v) is 3.09. The lowest BCUT2D eigenvalue weighted by molar-refractivity contribution is -0.133. The van der Waals surface area contributed by atoms with Gasteiger partial charge in [0.05, 0.1) is 11.3 Å². The summed E-state index contributed by atoms with van der Waals surface area (Å²) in [5.74, 6) is 0.472. The highest BCUT2D eigenvalue weighted by molar-refractivity contribution is 8.00. The van der Waals surface area contributed by atoms with Crippen LogP contribution in [0.5, 0.6) is 0 Å². The van der Waals surface area contributed by atoms with Gasteiger partial charge in [0, 0.05) is 22.2 Å². The van der Waals surface area contributed by atoms with Gasteiger partial charge in [-0.05, 0) is 24.0 Å². The van der Waals surface area contributed by atoms with Gasteiger partial charge < -0.3 is 10.4 Å². The van der Waals surface area contributed by atoms with Crippen molar-refractivity contribution in [1.29, 1.82) is 0 Å². The average molecular weight is 334 g/mol. The molecule has 0 aliphatic carbocycles. The van der Waals surface area contributed by atoms with E-state index in [-0.39, 0.29) is 11.7 Å². The highest BCUT2D eigenvalue weighted by Crippen LogP contribution is 2.26. The molecular weight excluding hydrogens is 318 g/mol. The average Bonchev–Trinajstić information content (AvgIpc) is 2.38. The number of carbonyl (C=O) groups is 2. The van der Waals surface area contributed by atoms with Gasteiger partial charge in [-0.3, -0.25) is 9.59 Å². The Balaban J connectivity index is 2.52. The zero-order valence-corrected chi connectivity index (χ0v) is 13.4. The Hall–Kier alpha value is -0.850. The van der Waals surface area contributed by atoms with E-state index in [1.54, 1.807) is 30.0 Å². The third-order valence-corrected chi connectivity index (χ3v) is 4.36. The predicted molar refractivity (Wildman–Crippen MR) is 85.1 cm³/mol. The molecular formula is C13H16ClNO3S2. The van der Waals surface area contributed by atoms with Crippen LogP contribution >= 0.6 is 35.1 Å². The third-order valence-electron chi connectivity index (χ3n) is 2.25. The van der Waals surface area contributed by atoms with E-state index in [1.807, 2.05) is 6.92 Å². The number of nitrogens with one attached hydrogen (secondary N) is 1. The van der Waals surface area contributed by atoms with E-state index in [9.17, 15) is 9.59 Å². The summed E-state index contributed by atoms with van der Waals surface area (Å²) in [6.07, 6.45) is 0. The fraction of sp³-hybridized carbons (Fsp3) is 0.385. The number of amides is 1. The minimum Gasteiger partial charge on any atom is -0.481 e. The maximum atomic E-state index is 12.1. The zero-order valence-electron chi connectivity index (χ0n) is 11.0. The summed E-state index contributed by atoms with van der Waals surface area (Å²) in [6.45, 7) is 2.45. The molecule has 1 rings (SSSR count). The molecule has 0 aromatic heterocycles. The number of halogens is 1. The molecule has 0 atom stereocenters. The molecule has 1 aromatic carbocycles. The van der Waals surface area contributed by atoms with Crippen LogP contribution in [0, 0.1) is 0 Å². The van der Waals surface area contributed by atoms with Crippen molar-refractivity contribution in [1.82, 2.24) is 5.32 Å². The van der Waals surface area contributed by atoms with Crippen molar-refractivity contribution in [2.24, 2.45) is 0 Å². The molecule has 20 heavy (non-hydrogen) atoms. The van der Waals surface area contributed by atoms with E-state index >= 15 is 0 Å². The normalized spacial score (nSPS) is 10.3. The SMILES string of the molecule is CCSc1cc(Cl)ccc1C(=O)NCCSCC(=O)O. The van der Waals surface area contributed by atoms with Crippen LogP contribution < -0.4 is 5.32 Å². The van der Waals surface area contributed by atoms with Gasteiger partial charge in [0.25, 0.3) is 5.91 Å². The second kappa shape index (κ2) is 9.15. The summed E-state index contributed by atoms with van der Waals surface area (Å²) in [5.41, 5.74) is 0.601. The van der Waals surface area contributed by atoms with Crippen LogP contribution in [0.15, 0.2) is 23.1 Å². The number of rotatable bonds is 8. The van der Waals surface area contributed by atoms with Crippen molar-refractivity contribution in [3.63, 3.8) is 0 Å². The van der Waals surface area contributed by atoms with Crippen molar-refractivity contribution >= 4 is 47.0 Å². The molecule has 4 nitrogen and oxygen atoms in total. The smallest absolute Gasteiger partial charge is 0.313 e. The van der Waals surface area contributed by atoms with Crippen LogP contribution in [0.4, 0.5) is 0 Å². The summed E-state index contributed by atoms with van der Waals surface area (Å²) in [7, 11) is 0. The molecule has 0 fully saturated rings. The molecule has 0 bridgehead atoms. The number of carboxylic acids is 1. The first kappa shape index (κ1) is 17.2. The molecule has 1 aromatic rings. The molecule has 0 unspecified atom stereocenters. The van der Waals surface area contributed by atoms with Crippen LogP contribution in [0.1, 0.15) is 17.3 Å². The predicted octanol–water partition coefficient (Wildman–Crippen LogP) is 3.00. The molecule has 1 amide bonds. The lowest BCUT2D eigenvalue weighted by atomic mass is 10.2. The fourth-order valence-electron chi connectivity index (χ4n) is 1.45.